The van der Waals surface area contributed by atoms with Crippen LogP contribution >= 0.6 is 0 Å². The van der Waals surface area contributed by atoms with Gasteiger partial charge in [0.05, 0.1) is 12.3 Å². The Morgan fingerprint density at radius 3 is 2.71 bits per heavy atom. The van der Waals surface area contributed by atoms with Crippen molar-refractivity contribution in [3.05, 3.63) is 40.8 Å². The number of hydrogen-bond donors (Lipinski definition) is 1. The van der Waals surface area contributed by atoms with Crippen LogP contribution in [0.3, 0.4) is 0 Å². The van der Waals surface area contributed by atoms with Gasteiger partial charge in [-0.3, -0.25) is 0 Å². The average Bonchev–Trinajstić information content (AvgIpc) is 2.64. The first kappa shape index (κ1) is 11.8. The third-order valence-electron chi connectivity index (χ3n) is 3.03. The molecule has 0 saturated carbocycles. The molecule has 2 aromatic heterocycles. The van der Waals surface area contributed by atoms with Crippen LogP contribution in [0.1, 0.15) is 29.4 Å². The summed E-state index contributed by atoms with van der Waals surface area (Å²) in [4.78, 5) is 4.31. The van der Waals surface area contributed by atoms with Crippen molar-refractivity contribution >= 4 is 0 Å². The Morgan fingerprint density at radius 2 is 2.12 bits per heavy atom. The number of aryl methyl sites for hydroxylation is 1. The topological polar surface area (TPSA) is 50.9 Å². The van der Waals surface area contributed by atoms with E-state index in [1.54, 1.807) is 6.20 Å². The average molecular weight is 231 g/mol. The molecule has 2 rings (SSSR count). The van der Waals surface area contributed by atoms with Crippen LogP contribution in [0.25, 0.3) is 5.82 Å². The minimum atomic E-state index is -0.0248. The molecule has 0 aliphatic heterocycles. The summed E-state index contributed by atoms with van der Waals surface area (Å²) in [5.41, 5.74) is 4.17. The molecule has 0 aliphatic rings. The Kier molecular flexibility index (Phi) is 3.24. The van der Waals surface area contributed by atoms with E-state index < -0.39 is 0 Å². The van der Waals surface area contributed by atoms with Crippen LogP contribution in [0.5, 0.6) is 0 Å². The second-order valence-corrected chi connectivity index (χ2v) is 4.06. The summed E-state index contributed by atoms with van der Waals surface area (Å²) >= 11 is 0. The lowest BCUT2D eigenvalue weighted by Crippen LogP contribution is -2.06. The Labute approximate surface area is 101 Å². The minimum Gasteiger partial charge on any atom is -0.392 e. The van der Waals surface area contributed by atoms with Gasteiger partial charge in [-0.25, -0.2) is 9.67 Å². The van der Waals surface area contributed by atoms with E-state index >= 15 is 0 Å². The van der Waals surface area contributed by atoms with Gasteiger partial charge in [0, 0.05) is 17.5 Å². The second kappa shape index (κ2) is 4.67. The number of aromatic nitrogens is 3. The molecule has 90 valence electrons. The molecule has 0 fully saturated rings. The second-order valence-electron chi connectivity index (χ2n) is 4.06. The summed E-state index contributed by atoms with van der Waals surface area (Å²) in [5.74, 6) is 0.718. The maximum Gasteiger partial charge on any atom is 0.159 e. The maximum absolute atomic E-state index is 9.32. The van der Waals surface area contributed by atoms with E-state index in [0.717, 1.165) is 29.2 Å². The smallest absolute Gasteiger partial charge is 0.159 e. The molecule has 0 aliphatic carbocycles. The lowest BCUT2D eigenvalue weighted by Gasteiger charge is -2.07. The molecule has 0 radical (unpaired) electrons. The molecule has 0 spiro atoms. The largest absolute Gasteiger partial charge is 0.392 e. The van der Waals surface area contributed by atoms with Crippen LogP contribution in [0.2, 0.25) is 0 Å². The number of rotatable bonds is 3. The van der Waals surface area contributed by atoms with E-state index in [4.69, 9.17) is 0 Å². The van der Waals surface area contributed by atoms with Crippen LogP contribution in [0.15, 0.2) is 18.3 Å². The fourth-order valence-electron chi connectivity index (χ4n) is 2.14. The fraction of sp³-hybridized carbons (Fsp3) is 0.385. The predicted molar refractivity (Wildman–Crippen MR) is 66.1 cm³/mol. The zero-order chi connectivity index (χ0) is 12.4. The van der Waals surface area contributed by atoms with Gasteiger partial charge in [0.25, 0.3) is 0 Å². The summed E-state index contributed by atoms with van der Waals surface area (Å²) in [7, 11) is 0. The van der Waals surface area contributed by atoms with Gasteiger partial charge in [-0.15, -0.1) is 0 Å². The predicted octanol–water partition coefficient (Wildman–Crippen LogP) is 1.94. The number of aliphatic hydroxyl groups excluding tert-OH is 1. The molecular formula is C13H17N3O. The lowest BCUT2D eigenvalue weighted by atomic mass is 10.1. The molecule has 4 heteroatoms. The molecule has 0 amide bonds. The lowest BCUT2D eigenvalue weighted by molar-refractivity contribution is 0.280. The Morgan fingerprint density at radius 1 is 1.35 bits per heavy atom. The van der Waals surface area contributed by atoms with E-state index in [1.165, 1.54) is 5.56 Å². The van der Waals surface area contributed by atoms with E-state index in [2.05, 4.69) is 17.0 Å². The van der Waals surface area contributed by atoms with Crippen LogP contribution in [0, 0.1) is 13.8 Å². The van der Waals surface area contributed by atoms with Crippen molar-refractivity contribution in [1.82, 2.24) is 14.8 Å². The first-order valence-corrected chi connectivity index (χ1v) is 5.79. The first-order valence-electron chi connectivity index (χ1n) is 5.79. The van der Waals surface area contributed by atoms with Crippen molar-refractivity contribution in [2.24, 2.45) is 0 Å². The van der Waals surface area contributed by atoms with E-state index in [0.29, 0.717) is 0 Å². The summed E-state index contributed by atoms with van der Waals surface area (Å²) < 4.78 is 1.82. The molecule has 2 heterocycles. The van der Waals surface area contributed by atoms with Gasteiger partial charge in [0.1, 0.15) is 0 Å². The Balaban J connectivity index is 2.61. The highest BCUT2D eigenvalue weighted by Crippen LogP contribution is 2.19. The Bertz CT molecular complexity index is 531. The maximum atomic E-state index is 9.32. The third kappa shape index (κ3) is 1.96. The summed E-state index contributed by atoms with van der Waals surface area (Å²) in [5, 5.41) is 13.8. The van der Waals surface area contributed by atoms with E-state index in [-0.39, 0.29) is 6.61 Å². The zero-order valence-electron chi connectivity index (χ0n) is 10.4. The zero-order valence-corrected chi connectivity index (χ0v) is 10.4. The van der Waals surface area contributed by atoms with E-state index in [1.807, 2.05) is 30.7 Å². The van der Waals surface area contributed by atoms with Crippen molar-refractivity contribution in [2.75, 3.05) is 0 Å². The highest BCUT2D eigenvalue weighted by molar-refractivity contribution is 5.37. The van der Waals surface area contributed by atoms with Gasteiger partial charge in [0.15, 0.2) is 5.82 Å². The molecule has 0 atom stereocenters. The molecule has 17 heavy (non-hydrogen) atoms. The highest BCUT2D eigenvalue weighted by Gasteiger charge is 2.14. The van der Waals surface area contributed by atoms with Gasteiger partial charge < -0.3 is 5.11 Å². The van der Waals surface area contributed by atoms with Crippen molar-refractivity contribution < 1.29 is 5.11 Å². The van der Waals surface area contributed by atoms with Gasteiger partial charge in [-0.05, 0) is 31.9 Å². The van der Waals surface area contributed by atoms with Crippen molar-refractivity contribution in [1.29, 1.82) is 0 Å². The van der Waals surface area contributed by atoms with E-state index in [9.17, 15) is 5.11 Å². The van der Waals surface area contributed by atoms with Crippen molar-refractivity contribution in [3.63, 3.8) is 0 Å². The van der Waals surface area contributed by atoms with Crippen LogP contribution < -0.4 is 0 Å². The molecule has 0 unspecified atom stereocenters. The van der Waals surface area contributed by atoms with Gasteiger partial charge in [-0.2, -0.15) is 5.10 Å². The normalized spacial score (nSPS) is 10.8. The van der Waals surface area contributed by atoms with Crippen molar-refractivity contribution in [2.45, 2.75) is 33.8 Å². The van der Waals surface area contributed by atoms with Crippen LogP contribution in [0.4, 0.5) is 0 Å². The molecule has 0 saturated heterocycles. The van der Waals surface area contributed by atoms with Crippen LogP contribution in [-0.2, 0) is 13.0 Å². The quantitative estimate of drug-likeness (QED) is 0.878. The van der Waals surface area contributed by atoms with Gasteiger partial charge in [-0.1, -0.05) is 13.0 Å². The van der Waals surface area contributed by atoms with Gasteiger partial charge >= 0.3 is 0 Å². The monoisotopic (exact) mass is 231 g/mol. The number of hydrogen-bond acceptors (Lipinski definition) is 3. The molecule has 2 aromatic rings. The first-order chi connectivity index (χ1) is 8.19. The third-order valence-corrected chi connectivity index (χ3v) is 3.03. The Hall–Kier alpha value is -1.68. The molecule has 0 bridgehead atoms. The van der Waals surface area contributed by atoms with Crippen molar-refractivity contribution in [3.8, 4) is 5.82 Å². The number of aliphatic hydroxyl groups is 1. The molecule has 0 aromatic carbocycles. The summed E-state index contributed by atoms with van der Waals surface area (Å²) in [6.07, 6.45) is 2.68. The SMILES string of the molecule is CCc1c(C)nn(-c2ncccc2CO)c1C. The standard InChI is InChI=1S/C13H17N3O/c1-4-12-9(2)15-16(10(12)3)13-11(8-17)6-5-7-14-13/h5-7,17H,4,8H2,1-3H3. The minimum absolute atomic E-state index is 0.0248. The summed E-state index contributed by atoms with van der Waals surface area (Å²) in [6.45, 7) is 6.13. The molecule has 4 nitrogen and oxygen atoms in total. The molecular weight excluding hydrogens is 214 g/mol. The highest BCUT2D eigenvalue weighted by atomic mass is 16.3. The molecule has 1 N–H and O–H groups in total. The fourth-order valence-corrected chi connectivity index (χ4v) is 2.14. The summed E-state index contributed by atoms with van der Waals surface area (Å²) in [6, 6.07) is 3.69. The number of nitrogens with zero attached hydrogens (tertiary/aromatic N) is 3. The number of pyridine rings is 1. The van der Waals surface area contributed by atoms with Crippen LogP contribution in [-0.4, -0.2) is 19.9 Å². The van der Waals surface area contributed by atoms with Gasteiger partial charge in [0.2, 0.25) is 0 Å².